The average Bonchev–Trinajstić information content (AvgIpc) is 2.72. The molecule has 6 nitrogen and oxygen atoms in total. The summed E-state index contributed by atoms with van der Waals surface area (Å²) in [5.74, 6) is -0.501. The van der Waals surface area contributed by atoms with Crippen molar-refractivity contribution >= 4 is 23.2 Å². The van der Waals surface area contributed by atoms with E-state index in [4.69, 9.17) is 5.11 Å². The Bertz CT molecular complexity index is 442. The number of carboxylic acid groups (broad SMARTS) is 1. The predicted octanol–water partition coefficient (Wildman–Crippen LogP) is 0.110. The van der Waals surface area contributed by atoms with E-state index in [1.54, 1.807) is 0 Å². The third-order valence-electron chi connectivity index (χ3n) is 2.77. The molecule has 1 amide bonds. The molecule has 0 saturated carbocycles. The van der Waals surface area contributed by atoms with Crippen molar-refractivity contribution in [2.75, 3.05) is 19.6 Å². The highest BCUT2D eigenvalue weighted by atomic mass is 32.1. The summed E-state index contributed by atoms with van der Waals surface area (Å²) in [6.45, 7) is 2.34. The van der Waals surface area contributed by atoms with Gasteiger partial charge in [-0.3, -0.25) is 4.79 Å². The summed E-state index contributed by atoms with van der Waals surface area (Å²) in [4.78, 5) is 26.1. The minimum absolute atomic E-state index is 0.0523. The van der Waals surface area contributed by atoms with Crippen LogP contribution in [0.15, 0.2) is 5.38 Å². The number of hydrogen-bond donors (Lipinski definition) is 3. The average molecular weight is 269 g/mol. The number of thiazole rings is 1. The number of carbonyl (C=O) groups is 2. The summed E-state index contributed by atoms with van der Waals surface area (Å²) >= 11 is 1.31. The number of carboxylic acids is 1. The van der Waals surface area contributed by atoms with Crippen LogP contribution in [0, 0.1) is 5.92 Å². The largest absolute Gasteiger partial charge is 0.476 e. The van der Waals surface area contributed by atoms with E-state index in [2.05, 4.69) is 15.6 Å². The summed E-state index contributed by atoms with van der Waals surface area (Å²) < 4.78 is 0. The molecule has 0 unspecified atom stereocenters. The summed E-state index contributed by atoms with van der Waals surface area (Å²) in [5, 5.41) is 16.9. The molecular formula is C11H15N3O3S. The van der Waals surface area contributed by atoms with Crippen LogP contribution in [0.5, 0.6) is 0 Å². The first kappa shape index (κ1) is 13.0. The fraction of sp³-hybridized carbons (Fsp3) is 0.545. The van der Waals surface area contributed by atoms with Crippen molar-refractivity contribution in [3.8, 4) is 0 Å². The number of nitrogens with one attached hydrogen (secondary N) is 2. The maximum absolute atomic E-state index is 11.5. The molecule has 18 heavy (non-hydrogen) atoms. The van der Waals surface area contributed by atoms with Gasteiger partial charge in [0.1, 0.15) is 0 Å². The van der Waals surface area contributed by atoms with Crippen LogP contribution in [0.25, 0.3) is 0 Å². The number of aromatic nitrogens is 1. The number of amides is 1. The van der Waals surface area contributed by atoms with Gasteiger partial charge in [0.25, 0.3) is 0 Å². The normalized spacial score (nSPS) is 15.1. The zero-order chi connectivity index (χ0) is 13.0. The van der Waals surface area contributed by atoms with E-state index >= 15 is 0 Å². The maximum atomic E-state index is 11.5. The van der Waals surface area contributed by atoms with Gasteiger partial charge in [-0.15, -0.1) is 11.3 Å². The Kier molecular flexibility index (Phi) is 4.27. The molecule has 3 N–H and O–H groups in total. The first-order chi connectivity index (χ1) is 8.65. The molecule has 2 rings (SSSR count). The van der Waals surface area contributed by atoms with E-state index in [1.807, 2.05) is 0 Å². The van der Waals surface area contributed by atoms with Crippen molar-refractivity contribution in [2.24, 2.45) is 5.92 Å². The van der Waals surface area contributed by atoms with Crippen LogP contribution in [0.3, 0.4) is 0 Å². The third-order valence-corrected chi connectivity index (χ3v) is 3.68. The molecule has 0 aliphatic carbocycles. The molecule has 98 valence electrons. The molecular weight excluding hydrogens is 254 g/mol. The molecule has 0 radical (unpaired) electrons. The van der Waals surface area contributed by atoms with Crippen LogP contribution < -0.4 is 10.6 Å². The minimum Gasteiger partial charge on any atom is -0.476 e. The van der Waals surface area contributed by atoms with E-state index < -0.39 is 5.97 Å². The highest BCUT2D eigenvalue weighted by molar-refractivity contribution is 7.09. The van der Waals surface area contributed by atoms with Crippen molar-refractivity contribution in [2.45, 2.75) is 12.8 Å². The zero-order valence-corrected chi connectivity index (χ0v) is 10.6. The Morgan fingerprint density at radius 1 is 1.56 bits per heavy atom. The number of carbonyl (C=O) groups excluding carboxylic acids is 1. The van der Waals surface area contributed by atoms with Gasteiger partial charge < -0.3 is 15.7 Å². The van der Waals surface area contributed by atoms with Crippen molar-refractivity contribution in [3.63, 3.8) is 0 Å². The van der Waals surface area contributed by atoms with Crippen molar-refractivity contribution in [3.05, 3.63) is 16.1 Å². The standard InChI is InChI=1S/C11H15N3O3S/c15-9(3-7-4-12-5-7)13-2-1-10-14-8(6-18-10)11(16)17/h6-7,12H,1-5H2,(H,13,15)(H,16,17). The van der Waals surface area contributed by atoms with E-state index in [9.17, 15) is 9.59 Å². The fourth-order valence-corrected chi connectivity index (χ4v) is 2.43. The number of hydrogen-bond acceptors (Lipinski definition) is 5. The molecule has 1 aliphatic rings. The molecule has 2 heterocycles. The van der Waals surface area contributed by atoms with Crippen LogP contribution in [0.1, 0.15) is 21.9 Å². The third kappa shape index (κ3) is 3.51. The highest BCUT2D eigenvalue weighted by Crippen LogP contribution is 2.10. The molecule has 1 aromatic heterocycles. The van der Waals surface area contributed by atoms with Crippen LogP contribution in [0.4, 0.5) is 0 Å². The first-order valence-electron chi connectivity index (χ1n) is 5.80. The minimum atomic E-state index is -1.01. The number of nitrogens with zero attached hydrogens (tertiary/aromatic N) is 1. The molecule has 0 aromatic carbocycles. The predicted molar refractivity (Wildman–Crippen MR) is 66.8 cm³/mol. The van der Waals surface area contributed by atoms with Gasteiger partial charge in [0.15, 0.2) is 5.69 Å². The SMILES string of the molecule is O=C(CC1CNC1)NCCc1nc(C(=O)O)cs1. The Labute approximate surface area is 108 Å². The molecule has 0 bridgehead atoms. The fourth-order valence-electron chi connectivity index (χ4n) is 1.66. The number of aromatic carboxylic acids is 1. The Morgan fingerprint density at radius 2 is 2.33 bits per heavy atom. The Balaban J connectivity index is 1.67. The number of rotatable bonds is 6. The molecule has 1 saturated heterocycles. The molecule has 1 aromatic rings. The molecule has 1 fully saturated rings. The summed E-state index contributed by atoms with van der Waals surface area (Å²) in [7, 11) is 0. The molecule has 0 spiro atoms. The van der Waals surface area contributed by atoms with Crippen LogP contribution in [-0.4, -0.2) is 41.6 Å². The smallest absolute Gasteiger partial charge is 0.355 e. The van der Waals surface area contributed by atoms with Crippen LogP contribution in [0.2, 0.25) is 0 Å². The second-order valence-corrected chi connectivity index (χ2v) is 5.20. The quantitative estimate of drug-likeness (QED) is 0.682. The topological polar surface area (TPSA) is 91.3 Å². The van der Waals surface area contributed by atoms with Gasteiger partial charge in [0, 0.05) is 24.8 Å². The van der Waals surface area contributed by atoms with E-state index in [0.717, 1.165) is 18.1 Å². The van der Waals surface area contributed by atoms with Gasteiger partial charge in [0.05, 0.1) is 5.01 Å². The molecule has 1 aliphatic heterocycles. The Morgan fingerprint density at radius 3 is 2.89 bits per heavy atom. The second kappa shape index (κ2) is 5.92. The lowest BCUT2D eigenvalue weighted by Gasteiger charge is -2.26. The van der Waals surface area contributed by atoms with Gasteiger partial charge in [0.2, 0.25) is 5.91 Å². The molecule has 7 heteroatoms. The van der Waals surface area contributed by atoms with Gasteiger partial charge in [-0.25, -0.2) is 9.78 Å². The van der Waals surface area contributed by atoms with Crippen LogP contribution >= 0.6 is 11.3 Å². The maximum Gasteiger partial charge on any atom is 0.355 e. The van der Waals surface area contributed by atoms with Crippen LogP contribution in [-0.2, 0) is 11.2 Å². The van der Waals surface area contributed by atoms with Crippen molar-refractivity contribution in [1.29, 1.82) is 0 Å². The van der Waals surface area contributed by atoms with E-state index in [-0.39, 0.29) is 11.6 Å². The van der Waals surface area contributed by atoms with Gasteiger partial charge >= 0.3 is 5.97 Å². The van der Waals surface area contributed by atoms with Crippen molar-refractivity contribution < 1.29 is 14.7 Å². The molecule has 0 atom stereocenters. The summed E-state index contributed by atoms with van der Waals surface area (Å²) in [6.07, 6.45) is 1.14. The van der Waals surface area contributed by atoms with Gasteiger partial charge in [-0.05, 0) is 19.0 Å². The van der Waals surface area contributed by atoms with Gasteiger partial charge in [-0.1, -0.05) is 0 Å². The zero-order valence-electron chi connectivity index (χ0n) is 9.81. The lowest BCUT2D eigenvalue weighted by atomic mass is 9.99. The lowest BCUT2D eigenvalue weighted by Crippen LogP contribution is -2.44. The summed E-state index contributed by atoms with van der Waals surface area (Å²) in [6, 6.07) is 0. The van der Waals surface area contributed by atoms with E-state index in [0.29, 0.717) is 25.3 Å². The monoisotopic (exact) mass is 269 g/mol. The first-order valence-corrected chi connectivity index (χ1v) is 6.68. The lowest BCUT2D eigenvalue weighted by molar-refractivity contribution is -0.122. The summed E-state index contributed by atoms with van der Waals surface area (Å²) in [5.41, 5.74) is 0.0712. The Hall–Kier alpha value is -1.47. The second-order valence-electron chi connectivity index (χ2n) is 4.26. The van der Waals surface area contributed by atoms with E-state index in [1.165, 1.54) is 16.7 Å². The van der Waals surface area contributed by atoms with Crippen molar-refractivity contribution in [1.82, 2.24) is 15.6 Å². The van der Waals surface area contributed by atoms with Gasteiger partial charge in [-0.2, -0.15) is 0 Å². The highest BCUT2D eigenvalue weighted by Gasteiger charge is 2.19.